The maximum atomic E-state index is 13.1. The van der Waals surface area contributed by atoms with Crippen molar-refractivity contribution in [3.8, 4) is 0 Å². The van der Waals surface area contributed by atoms with Gasteiger partial charge >= 0.3 is 0 Å². The summed E-state index contributed by atoms with van der Waals surface area (Å²) >= 11 is 1.20. The number of anilines is 1. The van der Waals surface area contributed by atoms with Crippen molar-refractivity contribution in [1.82, 2.24) is 14.5 Å². The molecule has 1 aliphatic rings. The quantitative estimate of drug-likeness (QED) is 0.635. The summed E-state index contributed by atoms with van der Waals surface area (Å²) in [5.74, 6) is -0.333. The molecule has 1 N–H and O–H groups in total. The maximum Gasteiger partial charge on any atom is 0.266 e. The SMILES string of the molecule is CCc1ccc(NC(=O)c2sc3ncn(CC(=O)N4CCCC[C@@H]4C)c(=O)c3c2C)cc1. The van der Waals surface area contributed by atoms with Crippen molar-refractivity contribution in [2.45, 2.75) is 59.0 Å². The molecule has 1 aliphatic heterocycles. The van der Waals surface area contributed by atoms with Crippen molar-refractivity contribution in [2.24, 2.45) is 0 Å². The fraction of sp³-hybridized carbons (Fsp3) is 0.417. The molecule has 4 rings (SSSR count). The summed E-state index contributed by atoms with van der Waals surface area (Å²) in [7, 11) is 0. The van der Waals surface area contributed by atoms with Crippen LogP contribution in [-0.4, -0.2) is 38.9 Å². The molecule has 0 aliphatic carbocycles. The first-order valence-corrected chi connectivity index (χ1v) is 11.9. The Bertz CT molecular complexity index is 1210. The first-order chi connectivity index (χ1) is 15.4. The van der Waals surface area contributed by atoms with E-state index in [9.17, 15) is 14.4 Å². The molecule has 8 heteroatoms. The molecule has 32 heavy (non-hydrogen) atoms. The van der Waals surface area contributed by atoms with Gasteiger partial charge in [-0.2, -0.15) is 0 Å². The highest BCUT2D eigenvalue weighted by molar-refractivity contribution is 7.20. The largest absolute Gasteiger partial charge is 0.338 e. The molecule has 1 aromatic carbocycles. The molecule has 0 bridgehead atoms. The monoisotopic (exact) mass is 452 g/mol. The number of fused-ring (bicyclic) bond motifs is 1. The van der Waals surface area contributed by atoms with Crippen LogP contribution in [0, 0.1) is 6.92 Å². The maximum absolute atomic E-state index is 13.1. The van der Waals surface area contributed by atoms with Crippen LogP contribution in [0.1, 0.15) is 53.9 Å². The topological polar surface area (TPSA) is 84.3 Å². The van der Waals surface area contributed by atoms with Crippen molar-refractivity contribution in [3.05, 3.63) is 57.0 Å². The van der Waals surface area contributed by atoms with E-state index in [0.29, 0.717) is 26.3 Å². The van der Waals surface area contributed by atoms with Crippen molar-refractivity contribution in [1.29, 1.82) is 0 Å². The molecular formula is C24H28N4O3S. The van der Waals surface area contributed by atoms with Gasteiger partial charge in [0.25, 0.3) is 11.5 Å². The lowest BCUT2D eigenvalue weighted by atomic mass is 10.0. The fourth-order valence-corrected chi connectivity index (χ4v) is 5.24. The molecule has 1 fully saturated rings. The molecule has 3 heterocycles. The van der Waals surface area contributed by atoms with Gasteiger partial charge < -0.3 is 10.2 Å². The number of aryl methyl sites for hydroxylation is 2. The number of rotatable bonds is 5. The number of nitrogens with one attached hydrogen (secondary N) is 1. The molecule has 168 valence electrons. The molecular weight excluding hydrogens is 424 g/mol. The first-order valence-electron chi connectivity index (χ1n) is 11.1. The van der Waals surface area contributed by atoms with E-state index >= 15 is 0 Å². The number of benzene rings is 1. The Labute approximate surface area is 191 Å². The van der Waals surface area contributed by atoms with Crippen LogP contribution in [0.4, 0.5) is 5.69 Å². The summed E-state index contributed by atoms with van der Waals surface area (Å²) in [6.07, 6.45) is 5.45. The van der Waals surface area contributed by atoms with Gasteiger partial charge in [0.15, 0.2) is 0 Å². The number of likely N-dealkylation sites (tertiary alicyclic amines) is 1. The van der Waals surface area contributed by atoms with Crippen molar-refractivity contribution < 1.29 is 9.59 Å². The number of nitrogens with zero attached hydrogens (tertiary/aromatic N) is 3. The van der Waals surface area contributed by atoms with Gasteiger partial charge in [0.2, 0.25) is 5.91 Å². The summed E-state index contributed by atoms with van der Waals surface area (Å²) in [6.45, 7) is 6.58. The van der Waals surface area contributed by atoms with E-state index in [-0.39, 0.29) is 30.0 Å². The normalized spacial score (nSPS) is 16.3. The summed E-state index contributed by atoms with van der Waals surface area (Å²) in [6, 6.07) is 7.89. The predicted octanol–water partition coefficient (Wildman–Crippen LogP) is 3.98. The summed E-state index contributed by atoms with van der Waals surface area (Å²) < 4.78 is 1.36. The summed E-state index contributed by atoms with van der Waals surface area (Å²) in [5, 5.41) is 3.31. The number of carbonyl (C=O) groups is 2. The molecule has 2 aromatic heterocycles. The zero-order chi connectivity index (χ0) is 22.8. The average molecular weight is 453 g/mol. The Morgan fingerprint density at radius 2 is 1.97 bits per heavy atom. The lowest BCUT2D eigenvalue weighted by Gasteiger charge is -2.33. The second-order valence-corrected chi connectivity index (χ2v) is 9.35. The molecule has 0 saturated carbocycles. The fourth-order valence-electron chi connectivity index (χ4n) is 4.21. The first kappa shape index (κ1) is 22.2. The van der Waals surface area contributed by atoms with Crippen LogP contribution in [0.25, 0.3) is 10.2 Å². The van der Waals surface area contributed by atoms with Crippen molar-refractivity contribution >= 4 is 39.1 Å². The Kier molecular flexibility index (Phi) is 6.41. The molecule has 0 unspecified atom stereocenters. The Morgan fingerprint density at radius 1 is 1.22 bits per heavy atom. The number of thiophene rings is 1. The van der Waals surface area contributed by atoms with E-state index in [1.165, 1.54) is 27.8 Å². The summed E-state index contributed by atoms with van der Waals surface area (Å²) in [5.41, 5.74) is 2.21. The number of aromatic nitrogens is 2. The highest BCUT2D eigenvalue weighted by Gasteiger charge is 2.25. The van der Waals surface area contributed by atoms with E-state index in [1.807, 2.05) is 36.1 Å². The molecule has 0 spiro atoms. The average Bonchev–Trinajstić information content (AvgIpc) is 3.13. The molecule has 2 amide bonds. The van der Waals surface area contributed by atoms with E-state index < -0.39 is 0 Å². The van der Waals surface area contributed by atoms with Crippen LogP contribution in [0.5, 0.6) is 0 Å². The van der Waals surface area contributed by atoms with Gasteiger partial charge in [-0.3, -0.25) is 19.0 Å². The number of carbonyl (C=O) groups excluding carboxylic acids is 2. The van der Waals surface area contributed by atoms with Gasteiger partial charge in [-0.05, 0) is 62.8 Å². The standard InChI is InChI=1S/C24H28N4O3S/c1-4-17-8-10-18(11-9-17)26-22(30)21-16(3)20-23(32-21)25-14-27(24(20)31)13-19(29)28-12-6-5-7-15(28)2/h8-11,14-15H,4-7,12-13H2,1-3H3,(H,26,30)/t15-/m0/s1. The van der Waals surface area contributed by atoms with E-state index in [2.05, 4.69) is 17.2 Å². The van der Waals surface area contributed by atoms with Gasteiger partial charge in [0.1, 0.15) is 11.4 Å². The van der Waals surface area contributed by atoms with Gasteiger partial charge in [0.05, 0.1) is 16.6 Å². The third kappa shape index (κ3) is 4.32. The molecule has 7 nitrogen and oxygen atoms in total. The Balaban J connectivity index is 1.58. The van der Waals surface area contributed by atoms with Crippen LogP contribution in [0.3, 0.4) is 0 Å². The number of hydrogen-bond donors (Lipinski definition) is 1. The third-order valence-corrected chi connectivity index (χ3v) is 7.37. The Hall–Kier alpha value is -3.00. The van der Waals surface area contributed by atoms with Gasteiger partial charge in [-0.15, -0.1) is 11.3 Å². The number of amides is 2. The van der Waals surface area contributed by atoms with Crippen LogP contribution in [0.15, 0.2) is 35.4 Å². The minimum Gasteiger partial charge on any atom is -0.338 e. The second kappa shape index (κ2) is 9.24. The van der Waals surface area contributed by atoms with Crippen molar-refractivity contribution in [2.75, 3.05) is 11.9 Å². The second-order valence-electron chi connectivity index (χ2n) is 8.35. The predicted molar refractivity (Wildman–Crippen MR) is 127 cm³/mol. The lowest BCUT2D eigenvalue weighted by Crippen LogP contribution is -2.44. The van der Waals surface area contributed by atoms with Gasteiger partial charge in [-0.25, -0.2) is 4.98 Å². The minimum atomic E-state index is -0.284. The van der Waals surface area contributed by atoms with E-state index in [4.69, 9.17) is 0 Å². The number of piperidine rings is 1. The van der Waals surface area contributed by atoms with Crippen molar-refractivity contribution in [3.63, 3.8) is 0 Å². The Morgan fingerprint density at radius 3 is 2.66 bits per heavy atom. The highest BCUT2D eigenvalue weighted by atomic mass is 32.1. The van der Waals surface area contributed by atoms with Crippen LogP contribution in [-0.2, 0) is 17.8 Å². The third-order valence-electron chi connectivity index (χ3n) is 6.17. The highest BCUT2D eigenvalue weighted by Crippen LogP contribution is 2.28. The molecule has 1 atom stereocenters. The number of hydrogen-bond acceptors (Lipinski definition) is 5. The lowest BCUT2D eigenvalue weighted by molar-refractivity contribution is -0.135. The van der Waals surface area contributed by atoms with Gasteiger partial charge in [0, 0.05) is 18.3 Å². The minimum absolute atomic E-state index is 0.0350. The molecule has 1 saturated heterocycles. The van der Waals surface area contributed by atoms with E-state index in [1.54, 1.807) is 6.92 Å². The molecule has 0 radical (unpaired) electrons. The van der Waals surface area contributed by atoms with Gasteiger partial charge in [-0.1, -0.05) is 19.1 Å². The van der Waals surface area contributed by atoms with E-state index in [0.717, 1.165) is 32.2 Å². The van der Waals surface area contributed by atoms with Crippen LogP contribution >= 0.6 is 11.3 Å². The summed E-state index contributed by atoms with van der Waals surface area (Å²) in [4.78, 5) is 46.0. The molecule has 3 aromatic rings. The zero-order valence-electron chi connectivity index (χ0n) is 18.7. The smallest absolute Gasteiger partial charge is 0.266 e. The van der Waals surface area contributed by atoms with Crippen LogP contribution < -0.4 is 10.9 Å². The van der Waals surface area contributed by atoms with Crippen LogP contribution in [0.2, 0.25) is 0 Å². The zero-order valence-corrected chi connectivity index (χ0v) is 19.5.